The number of hydrogen-bond acceptors (Lipinski definition) is 2. The first-order chi connectivity index (χ1) is 8.97. The molecule has 1 aromatic rings. The zero-order chi connectivity index (χ0) is 14.0. The number of carbonyl (C=O) groups is 1. The van der Waals surface area contributed by atoms with Crippen molar-refractivity contribution in [3.63, 3.8) is 0 Å². The van der Waals surface area contributed by atoms with Gasteiger partial charge in [0.25, 0.3) is 0 Å². The maximum Gasteiger partial charge on any atom is 0.227 e. The highest BCUT2D eigenvalue weighted by atomic mass is 35.5. The molecule has 1 fully saturated rings. The molecule has 0 spiro atoms. The van der Waals surface area contributed by atoms with Crippen LogP contribution >= 0.6 is 23.2 Å². The van der Waals surface area contributed by atoms with Crippen molar-refractivity contribution in [1.82, 2.24) is 4.90 Å². The van der Waals surface area contributed by atoms with E-state index in [0.717, 1.165) is 24.9 Å². The van der Waals surface area contributed by atoms with Gasteiger partial charge in [0.15, 0.2) is 0 Å². The average molecular weight is 301 g/mol. The largest absolute Gasteiger partial charge is 0.340 e. The molecule has 0 bridgehead atoms. The molecule has 1 aliphatic heterocycles. The molecular weight excluding hydrogens is 283 g/mol. The second kappa shape index (κ2) is 6.12. The summed E-state index contributed by atoms with van der Waals surface area (Å²) in [5, 5.41) is 1.18. The Kier molecular flexibility index (Phi) is 4.71. The number of rotatable bonds is 2. The summed E-state index contributed by atoms with van der Waals surface area (Å²) >= 11 is 12.0. The lowest BCUT2D eigenvalue weighted by Gasteiger charge is -2.36. The SMILES string of the molecule is C[C@@H]1C[C@H](N)CCN1C(=O)Cc1cc(Cl)ccc1Cl. The van der Waals surface area contributed by atoms with Gasteiger partial charge >= 0.3 is 0 Å². The minimum absolute atomic E-state index is 0.0866. The van der Waals surface area contributed by atoms with Crippen molar-refractivity contribution in [2.75, 3.05) is 6.54 Å². The Bertz CT molecular complexity index is 479. The number of amides is 1. The van der Waals surface area contributed by atoms with Crippen molar-refractivity contribution in [3.05, 3.63) is 33.8 Å². The van der Waals surface area contributed by atoms with Crippen LogP contribution in [0.1, 0.15) is 25.3 Å². The summed E-state index contributed by atoms with van der Waals surface area (Å²) in [6.07, 6.45) is 2.01. The number of benzene rings is 1. The molecule has 0 saturated carbocycles. The van der Waals surface area contributed by atoms with E-state index in [0.29, 0.717) is 16.5 Å². The molecule has 5 heteroatoms. The topological polar surface area (TPSA) is 46.3 Å². The summed E-state index contributed by atoms with van der Waals surface area (Å²) < 4.78 is 0. The molecule has 0 unspecified atom stereocenters. The van der Waals surface area contributed by atoms with E-state index in [1.165, 1.54) is 0 Å². The van der Waals surface area contributed by atoms with E-state index in [2.05, 4.69) is 0 Å². The minimum Gasteiger partial charge on any atom is -0.340 e. The van der Waals surface area contributed by atoms with E-state index in [-0.39, 0.29) is 18.0 Å². The van der Waals surface area contributed by atoms with E-state index in [9.17, 15) is 4.79 Å². The monoisotopic (exact) mass is 300 g/mol. The van der Waals surface area contributed by atoms with Gasteiger partial charge in [0.1, 0.15) is 0 Å². The highest BCUT2D eigenvalue weighted by Crippen LogP contribution is 2.23. The second-order valence-corrected chi connectivity index (χ2v) is 5.98. The van der Waals surface area contributed by atoms with Crippen LogP contribution in [0, 0.1) is 0 Å². The van der Waals surface area contributed by atoms with Gasteiger partial charge in [-0.25, -0.2) is 0 Å². The normalized spacial score (nSPS) is 23.5. The number of likely N-dealkylation sites (tertiary alicyclic amines) is 1. The molecule has 2 rings (SSSR count). The Hall–Kier alpha value is -0.770. The molecule has 104 valence electrons. The Morgan fingerprint density at radius 3 is 2.89 bits per heavy atom. The smallest absolute Gasteiger partial charge is 0.227 e. The van der Waals surface area contributed by atoms with Crippen LogP contribution in [0.25, 0.3) is 0 Å². The Labute approximate surface area is 123 Å². The molecule has 1 amide bonds. The lowest BCUT2D eigenvalue weighted by Crippen LogP contribution is -2.48. The number of carbonyl (C=O) groups excluding carboxylic acids is 1. The van der Waals surface area contributed by atoms with Crippen LogP contribution in [0.4, 0.5) is 0 Å². The maximum atomic E-state index is 12.3. The Morgan fingerprint density at radius 2 is 2.21 bits per heavy atom. The fourth-order valence-electron chi connectivity index (χ4n) is 2.52. The van der Waals surface area contributed by atoms with Gasteiger partial charge in [-0.15, -0.1) is 0 Å². The van der Waals surface area contributed by atoms with Gasteiger partial charge in [-0.05, 0) is 43.5 Å². The van der Waals surface area contributed by atoms with Crippen LogP contribution in [0.5, 0.6) is 0 Å². The quantitative estimate of drug-likeness (QED) is 0.913. The number of nitrogens with zero attached hydrogens (tertiary/aromatic N) is 1. The molecule has 19 heavy (non-hydrogen) atoms. The van der Waals surface area contributed by atoms with Gasteiger partial charge in [0.05, 0.1) is 6.42 Å². The molecule has 1 aromatic carbocycles. The highest BCUT2D eigenvalue weighted by Gasteiger charge is 2.27. The molecule has 1 aliphatic rings. The van der Waals surface area contributed by atoms with Crippen LogP contribution in [0.2, 0.25) is 10.0 Å². The standard InChI is InChI=1S/C14H18Cl2N2O/c1-9-6-12(17)4-5-18(9)14(19)8-10-7-11(15)2-3-13(10)16/h2-3,7,9,12H,4-6,8,17H2,1H3/t9-,12-/m1/s1. The summed E-state index contributed by atoms with van der Waals surface area (Å²) in [7, 11) is 0. The van der Waals surface area contributed by atoms with E-state index in [4.69, 9.17) is 28.9 Å². The first-order valence-corrected chi connectivity index (χ1v) is 7.22. The van der Waals surface area contributed by atoms with Crippen molar-refractivity contribution in [2.45, 2.75) is 38.3 Å². The summed E-state index contributed by atoms with van der Waals surface area (Å²) in [6.45, 7) is 2.76. The van der Waals surface area contributed by atoms with Gasteiger partial charge in [-0.1, -0.05) is 23.2 Å². The highest BCUT2D eigenvalue weighted by molar-refractivity contribution is 6.33. The predicted octanol–water partition coefficient (Wildman–Crippen LogP) is 2.87. The van der Waals surface area contributed by atoms with Crippen molar-refractivity contribution in [3.8, 4) is 0 Å². The van der Waals surface area contributed by atoms with Crippen molar-refractivity contribution in [1.29, 1.82) is 0 Å². The van der Waals surface area contributed by atoms with E-state index in [1.807, 2.05) is 11.8 Å². The third-order valence-electron chi connectivity index (χ3n) is 3.59. The van der Waals surface area contributed by atoms with Gasteiger partial charge in [0.2, 0.25) is 5.91 Å². The molecule has 1 saturated heterocycles. The molecule has 2 atom stereocenters. The fourth-order valence-corrected chi connectivity index (χ4v) is 2.90. The number of hydrogen-bond donors (Lipinski definition) is 1. The molecular formula is C14H18Cl2N2O. The lowest BCUT2D eigenvalue weighted by atomic mass is 9.98. The molecule has 3 nitrogen and oxygen atoms in total. The van der Waals surface area contributed by atoms with Crippen LogP contribution in [-0.2, 0) is 11.2 Å². The van der Waals surface area contributed by atoms with Crippen molar-refractivity contribution >= 4 is 29.1 Å². The van der Waals surface area contributed by atoms with Crippen LogP contribution in [-0.4, -0.2) is 29.4 Å². The molecule has 0 radical (unpaired) electrons. The van der Waals surface area contributed by atoms with E-state index in [1.54, 1.807) is 18.2 Å². The van der Waals surface area contributed by atoms with E-state index < -0.39 is 0 Å². The maximum absolute atomic E-state index is 12.3. The zero-order valence-corrected chi connectivity index (χ0v) is 12.4. The van der Waals surface area contributed by atoms with Crippen LogP contribution < -0.4 is 5.73 Å². The summed E-state index contributed by atoms with van der Waals surface area (Å²) in [5.74, 6) is 0.0866. The van der Waals surface area contributed by atoms with Crippen molar-refractivity contribution < 1.29 is 4.79 Å². The number of piperidine rings is 1. The third-order valence-corrected chi connectivity index (χ3v) is 4.19. The van der Waals surface area contributed by atoms with Gasteiger partial charge < -0.3 is 10.6 Å². The third kappa shape index (κ3) is 3.62. The molecule has 0 aromatic heterocycles. The zero-order valence-electron chi connectivity index (χ0n) is 10.9. The Morgan fingerprint density at radius 1 is 1.47 bits per heavy atom. The molecule has 1 heterocycles. The first-order valence-electron chi connectivity index (χ1n) is 6.46. The van der Waals surface area contributed by atoms with Gasteiger partial charge in [-0.3, -0.25) is 4.79 Å². The van der Waals surface area contributed by atoms with Gasteiger partial charge in [0, 0.05) is 28.7 Å². The summed E-state index contributed by atoms with van der Waals surface area (Å²) in [5.41, 5.74) is 6.69. The molecule has 2 N–H and O–H groups in total. The van der Waals surface area contributed by atoms with Gasteiger partial charge in [-0.2, -0.15) is 0 Å². The first kappa shape index (κ1) is 14.6. The van der Waals surface area contributed by atoms with Crippen molar-refractivity contribution in [2.24, 2.45) is 5.73 Å². The number of halogens is 2. The van der Waals surface area contributed by atoms with E-state index >= 15 is 0 Å². The average Bonchev–Trinajstić information content (AvgIpc) is 2.33. The fraction of sp³-hybridized carbons (Fsp3) is 0.500. The number of nitrogens with two attached hydrogens (primary N) is 1. The summed E-state index contributed by atoms with van der Waals surface area (Å²) in [4.78, 5) is 14.2. The molecule has 0 aliphatic carbocycles. The summed E-state index contributed by atoms with van der Waals surface area (Å²) in [6, 6.07) is 5.59. The van der Waals surface area contributed by atoms with Crippen LogP contribution in [0.15, 0.2) is 18.2 Å². The Balaban J connectivity index is 2.06. The predicted molar refractivity (Wildman–Crippen MR) is 78.6 cm³/mol. The lowest BCUT2D eigenvalue weighted by molar-refractivity contribution is -0.133. The second-order valence-electron chi connectivity index (χ2n) is 5.13. The van der Waals surface area contributed by atoms with Crippen LogP contribution in [0.3, 0.4) is 0 Å². The minimum atomic E-state index is 0.0866.